The van der Waals surface area contributed by atoms with E-state index >= 15 is 0 Å². The maximum absolute atomic E-state index is 5.26. The van der Waals surface area contributed by atoms with Crippen LogP contribution in [0.15, 0.2) is 0 Å². The molecule has 1 atom stereocenters. The van der Waals surface area contributed by atoms with Gasteiger partial charge in [0.15, 0.2) is 0 Å². The number of ether oxygens (including phenoxy) is 1. The first kappa shape index (κ1) is 12.4. The van der Waals surface area contributed by atoms with Gasteiger partial charge in [-0.05, 0) is 0 Å². The molecule has 6 heteroatoms. The topological polar surface area (TPSA) is 30.9 Å². The van der Waals surface area contributed by atoms with Gasteiger partial charge in [0.1, 0.15) is 52.1 Å². The van der Waals surface area contributed by atoms with Crippen LogP contribution in [0.3, 0.4) is 0 Å². The van der Waals surface area contributed by atoms with E-state index in [9.17, 15) is 0 Å². The molecule has 0 N–H and O–H groups in total. The molecule has 13 heavy (non-hydrogen) atoms. The predicted molar refractivity (Wildman–Crippen MR) is 66.1 cm³/mol. The van der Waals surface area contributed by atoms with Crippen LogP contribution >= 0.6 is 46.0 Å². The van der Waals surface area contributed by atoms with Crippen LogP contribution in [0.25, 0.3) is 0 Å². The van der Waals surface area contributed by atoms with Crippen LogP contribution in [0.1, 0.15) is 0 Å². The smallest absolute Gasteiger partial charge is 0.110 e. The van der Waals surface area contributed by atoms with E-state index < -0.39 is 0 Å². The molecule has 0 saturated carbocycles. The van der Waals surface area contributed by atoms with Crippen molar-refractivity contribution < 1.29 is 10.9 Å². The van der Waals surface area contributed by atoms with E-state index in [4.69, 9.17) is 10.9 Å². The first-order chi connectivity index (χ1) is 6.36. The van der Waals surface area contributed by atoms with Crippen LogP contribution in [0.2, 0.25) is 0 Å². The van der Waals surface area contributed by atoms with Gasteiger partial charge in [-0.15, -0.1) is 0 Å². The Kier molecular flexibility index (Phi) is 7.21. The third-order valence-electron chi connectivity index (χ3n) is 1.94. The maximum Gasteiger partial charge on any atom is 0.110 e. The molecule has 0 spiro atoms. The molecule has 0 bridgehead atoms. The molecule has 1 rings (SSSR count). The Morgan fingerprint density at radius 3 is 2.54 bits per heavy atom. The van der Waals surface area contributed by atoms with E-state index in [0.29, 0.717) is 6.61 Å². The summed E-state index contributed by atoms with van der Waals surface area (Å²) in [4.78, 5) is 2.34. The third kappa shape index (κ3) is 5.07. The number of rotatable bonds is 5. The van der Waals surface area contributed by atoms with Gasteiger partial charge in [0.25, 0.3) is 0 Å². The summed E-state index contributed by atoms with van der Waals surface area (Å²) in [5.41, 5.74) is 0. The van der Waals surface area contributed by atoms with E-state index in [2.05, 4.69) is 4.90 Å². The van der Waals surface area contributed by atoms with Crippen molar-refractivity contribution in [3.05, 3.63) is 0 Å². The third-order valence-corrected chi connectivity index (χ3v) is 3.02. The molecule has 78 valence electrons. The van der Waals surface area contributed by atoms with Gasteiger partial charge in [-0.2, -0.15) is 0 Å². The minimum Gasteiger partial charge on any atom is -0.379 e. The molecule has 0 aromatic rings. The van der Waals surface area contributed by atoms with Crippen molar-refractivity contribution in [3.8, 4) is 0 Å². The van der Waals surface area contributed by atoms with Gasteiger partial charge in [0.2, 0.25) is 0 Å². The summed E-state index contributed by atoms with van der Waals surface area (Å²) in [6, 6.07) is 0. The summed E-state index contributed by atoms with van der Waals surface area (Å²) >= 11 is 3.82. The standard InChI is InChI=1S/C7H13I2NO3/c8-12-6-7(13-9)5-10-1-3-11-4-2-10/h7H,1-6H2. The van der Waals surface area contributed by atoms with Crippen molar-refractivity contribution in [2.24, 2.45) is 0 Å². The van der Waals surface area contributed by atoms with E-state index in [1.165, 1.54) is 0 Å². The van der Waals surface area contributed by atoms with Gasteiger partial charge in [0.05, 0.1) is 19.8 Å². The monoisotopic (exact) mass is 413 g/mol. The number of hydrogen-bond donors (Lipinski definition) is 0. The highest BCUT2D eigenvalue weighted by Gasteiger charge is 2.16. The lowest BCUT2D eigenvalue weighted by atomic mass is 10.3. The van der Waals surface area contributed by atoms with Crippen LogP contribution in [-0.4, -0.2) is 50.5 Å². The minimum absolute atomic E-state index is 0.163. The van der Waals surface area contributed by atoms with E-state index in [-0.39, 0.29) is 6.10 Å². The summed E-state index contributed by atoms with van der Waals surface area (Å²) in [6.07, 6.45) is 0.163. The van der Waals surface area contributed by atoms with Gasteiger partial charge in [-0.25, -0.2) is 0 Å². The molecule has 1 fully saturated rings. The molecular formula is C7H13I2NO3. The van der Waals surface area contributed by atoms with Crippen molar-refractivity contribution in [1.82, 2.24) is 4.90 Å². The van der Waals surface area contributed by atoms with E-state index in [1.807, 2.05) is 46.0 Å². The van der Waals surface area contributed by atoms with Crippen molar-refractivity contribution in [2.45, 2.75) is 6.10 Å². The Morgan fingerprint density at radius 2 is 2.00 bits per heavy atom. The second kappa shape index (κ2) is 7.57. The van der Waals surface area contributed by atoms with Crippen LogP contribution in [-0.2, 0) is 10.9 Å². The largest absolute Gasteiger partial charge is 0.379 e. The van der Waals surface area contributed by atoms with E-state index in [1.54, 1.807) is 0 Å². The zero-order chi connectivity index (χ0) is 9.52. The van der Waals surface area contributed by atoms with Crippen LogP contribution in [0.4, 0.5) is 0 Å². The molecule has 1 unspecified atom stereocenters. The Labute approximate surface area is 107 Å². The van der Waals surface area contributed by atoms with Crippen molar-refractivity contribution >= 4 is 46.0 Å². The fourth-order valence-corrected chi connectivity index (χ4v) is 1.96. The normalized spacial score (nSPS) is 21.7. The second-order valence-corrected chi connectivity index (χ2v) is 4.03. The highest BCUT2D eigenvalue weighted by molar-refractivity contribution is 14.1. The fraction of sp³-hybridized carbons (Fsp3) is 1.00. The lowest BCUT2D eigenvalue weighted by molar-refractivity contribution is 0.0206. The number of hydrogen-bond acceptors (Lipinski definition) is 4. The summed E-state index contributed by atoms with van der Waals surface area (Å²) < 4.78 is 15.5. The van der Waals surface area contributed by atoms with Gasteiger partial charge in [-0.3, -0.25) is 4.90 Å². The predicted octanol–water partition coefficient (Wildman–Crippen LogP) is 1.42. The lowest BCUT2D eigenvalue weighted by Crippen LogP contribution is -2.42. The molecule has 0 aliphatic carbocycles. The number of halogens is 2. The van der Waals surface area contributed by atoms with Crippen molar-refractivity contribution in [1.29, 1.82) is 0 Å². The molecule has 1 aliphatic heterocycles. The fourth-order valence-electron chi connectivity index (χ4n) is 1.25. The average Bonchev–Trinajstić information content (AvgIpc) is 2.19. The number of morpholine rings is 1. The van der Waals surface area contributed by atoms with Crippen molar-refractivity contribution in [3.63, 3.8) is 0 Å². The molecule has 4 nitrogen and oxygen atoms in total. The lowest BCUT2D eigenvalue weighted by Gasteiger charge is -2.28. The zero-order valence-corrected chi connectivity index (χ0v) is 11.6. The highest BCUT2D eigenvalue weighted by Crippen LogP contribution is 2.06. The quantitative estimate of drug-likeness (QED) is 0.639. The molecule has 1 saturated heterocycles. The zero-order valence-electron chi connectivity index (χ0n) is 7.25. The minimum atomic E-state index is 0.163. The van der Waals surface area contributed by atoms with Gasteiger partial charge >= 0.3 is 0 Å². The highest BCUT2D eigenvalue weighted by atomic mass is 127. The average molecular weight is 413 g/mol. The Hall–Kier alpha value is 1.30. The first-order valence-electron chi connectivity index (χ1n) is 4.18. The van der Waals surface area contributed by atoms with Gasteiger partial charge in [-0.1, -0.05) is 0 Å². The first-order valence-corrected chi connectivity index (χ1v) is 5.94. The molecule has 1 heterocycles. The summed E-state index contributed by atoms with van der Waals surface area (Å²) in [6.45, 7) is 5.23. The molecular weight excluding hydrogens is 400 g/mol. The number of nitrogens with zero attached hydrogens (tertiary/aromatic N) is 1. The summed E-state index contributed by atoms with van der Waals surface area (Å²) in [7, 11) is 0. The Morgan fingerprint density at radius 1 is 1.31 bits per heavy atom. The SMILES string of the molecule is IOCC(CN1CCOCC1)OI. The summed E-state index contributed by atoms with van der Waals surface area (Å²) in [5, 5.41) is 0. The molecule has 0 aromatic carbocycles. The van der Waals surface area contributed by atoms with Gasteiger partial charge in [0, 0.05) is 19.6 Å². The summed E-state index contributed by atoms with van der Waals surface area (Å²) in [5.74, 6) is 0. The maximum atomic E-state index is 5.26. The van der Waals surface area contributed by atoms with E-state index in [0.717, 1.165) is 32.8 Å². The van der Waals surface area contributed by atoms with Crippen molar-refractivity contribution in [2.75, 3.05) is 39.5 Å². The molecule has 0 radical (unpaired) electrons. The molecule has 1 aliphatic rings. The Bertz CT molecular complexity index is 130. The van der Waals surface area contributed by atoms with Gasteiger partial charge < -0.3 is 10.9 Å². The molecule has 0 amide bonds. The van der Waals surface area contributed by atoms with Crippen LogP contribution < -0.4 is 0 Å². The second-order valence-electron chi connectivity index (χ2n) is 2.90. The van der Waals surface area contributed by atoms with Crippen LogP contribution in [0, 0.1) is 0 Å². The Balaban J connectivity index is 2.18. The molecule has 0 aromatic heterocycles. The van der Waals surface area contributed by atoms with Crippen LogP contribution in [0.5, 0.6) is 0 Å².